The van der Waals surface area contributed by atoms with Gasteiger partial charge < -0.3 is 10.2 Å². The highest BCUT2D eigenvalue weighted by Gasteiger charge is 2.56. The molecule has 0 radical (unpaired) electrons. The standard InChI is InChI=1S/C27H33N3O2S/c1-17-29-23(16-33-17)22-6-4-18(5-7-22)15-28-25(31)24-3-2-8-30(24)26(32)27-12-19-9-20(13-27)11-21(10-19)14-27/h4-7,16,19-21,24H,2-3,8-15H2,1H3,(H,28,31). The lowest BCUT2D eigenvalue weighted by Crippen LogP contribution is -2.57. The Morgan fingerprint density at radius 1 is 1.09 bits per heavy atom. The molecule has 1 saturated heterocycles. The zero-order chi connectivity index (χ0) is 22.6. The quantitative estimate of drug-likeness (QED) is 0.683. The first-order chi connectivity index (χ1) is 16.0. The van der Waals surface area contributed by atoms with E-state index in [-0.39, 0.29) is 17.4 Å². The number of carbonyl (C=O) groups excluding carboxylic acids is 2. The summed E-state index contributed by atoms with van der Waals surface area (Å²) in [5.41, 5.74) is 2.99. The van der Waals surface area contributed by atoms with Crippen LogP contribution in [0.1, 0.15) is 61.9 Å². The Hall–Kier alpha value is -2.21. The van der Waals surface area contributed by atoms with Crippen molar-refractivity contribution in [2.75, 3.05) is 6.54 Å². The van der Waals surface area contributed by atoms with E-state index in [9.17, 15) is 9.59 Å². The summed E-state index contributed by atoms with van der Waals surface area (Å²) >= 11 is 1.65. The predicted molar refractivity (Wildman–Crippen MR) is 129 cm³/mol. The third-order valence-electron chi connectivity index (χ3n) is 8.64. The maximum absolute atomic E-state index is 13.8. The van der Waals surface area contributed by atoms with Crippen LogP contribution in [0.4, 0.5) is 0 Å². The summed E-state index contributed by atoms with van der Waals surface area (Å²) in [6, 6.07) is 7.93. The van der Waals surface area contributed by atoms with Crippen molar-refractivity contribution >= 4 is 23.2 Å². The van der Waals surface area contributed by atoms with Gasteiger partial charge in [0, 0.05) is 24.0 Å². The Morgan fingerprint density at radius 2 is 1.76 bits per heavy atom. The number of hydrogen-bond donors (Lipinski definition) is 1. The Labute approximate surface area is 200 Å². The molecule has 5 aliphatic rings. The number of carbonyl (C=O) groups is 2. The van der Waals surface area contributed by atoms with Gasteiger partial charge in [0.2, 0.25) is 11.8 Å². The van der Waals surface area contributed by atoms with Crippen LogP contribution in [0.15, 0.2) is 29.6 Å². The highest BCUT2D eigenvalue weighted by atomic mass is 32.1. The van der Waals surface area contributed by atoms with E-state index in [2.05, 4.69) is 39.9 Å². The molecule has 4 saturated carbocycles. The Kier molecular flexibility index (Phi) is 5.32. The van der Waals surface area contributed by atoms with E-state index >= 15 is 0 Å². The third kappa shape index (κ3) is 3.90. The van der Waals surface area contributed by atoms with Crippen LogP contribution < -0.4 is 5.32 Å². The van der Waals surface area contributed by atoms with Crippen LogP contribution in [-0.4, -0.2) is 34.3 Å². The van der Waals surface area contributed by atoms with Crippen molar-refractivity contribution in [1.29, 1.82) is 0 Å². The Bertz CT molecular complexity index is 1020. The SMILES string of the molecule is Cc1nc(-c2ccc(CNC(=O)C3CCCN3C(=O)C34CC5CC(CC(C5)C3)C4)cc2)cs1. The summed E-state index contributed by atoms with van der Waals surface area (Å²) in [5, 5.41) is 6.25. The van der Waals surface area contributed by atoms with Crippen LogP contribution in [0, 0.1) is 30.1 Å². The minimum Gasteiger partial charge on any atom is -0.350 e. The lowest BCUT2D eigenvalue weighted by molar-refractivity contribution is -0.160. The van der Waals surface area contributed by atoms with Gasteiger partial charge in [-0.2, -0.15) is 0 Å². The number of nitrogens with one attached hydrogen (secondary N) is 1. The first kappa shape index (κ1) is 21.3. The van der Waals surface area contributed by atoms with Crippen molar-refractivity contribution < 1.29 is 9.59 Å². The molecule has 4 aliphatic carbocycles. The number of amides is 2. The van der Waals surface area contributed by atoms with Crippen LogP contribution in [0.3, 0.4) is 0 Å². The second-order valence-electron chi connectivity index (χ2n) is 11.0. The van der Waals surface area contributed by atoms with Crippen molar-refractivity contribution in [3.63, 3.8) is 0 Å². The van der Waals surface area contributed by atoms with E-state index in [4.69, 9.17) is 0 Å². The monoisotopic (exact) mass is 463 g/mol. The van der Waals surface area contributed by atoms with Gasteiger partial charge in [-0.1, -0.05) is 24.3 Å². The fourth-order valence-electron chi connectivity index (χ4n) is 7.56. The largest absolute Gasteiger partial charge is 0.350 e. The topological polar surface area (TPSA) is 62.3 Å². The molecule has 1 aromatic carbocycles. The second kappa shape index (κ2) is 8.23. The van der Waals surface area contributed by atoms with Crippen molar-refractivity contribution in [1.82, 2.24) is 15.2 Å². The molecule has 5 fully saturated rings. The van der Waals surface area contributed by atoms with Gasteiger partial charge in [0.1, 0.15) is 6.04 Å². The van der Waals surface area contributed by atoms with Crippen LogP contribution in [0.25, 0.3) is 11.3 Å². The van der Waals surface area contributed by atoms with Crippen molar-refractivity contribution in [2.45, 2.75) is 70.9 Å². The number of thiazole rings is 1. The average Bonchev–Trinajstić information content (AvgIpc) is 3.46. The molecule has 6 heteroatoms. The van der Waals surface area contributed by atoms with Crippen molar-refractivity contribution in [2.24, 2.45) is 23.2 Å². The summed E-state index contributed by atoms with van der Waals surface area (Å²) in [5.74, 6) is 2.52. The van der Waals surface area contributed by atoms with E-state index in [1.807, 2.05) is 11.8 Å². The van der Waals surface area contributed by atoms with Gasteiger partial charge in [0.05, 0.1) is 16.1 Å². The molecule has 4 bridgehead atoms. The fraction of sp³-hybridized carbons (Fsp3) is 0.593. The maximum Gasteiger partial charge on any atom is 0.243 e. The number of likely N-dealkylation sites (tertiary alicyclic amines) is 1. The molecule has 1 unspecified atom stereocenters. The number of aromatic nitrogens is 1. The highest BCUT2D eigenvalue weighted by molar-refractivity contribution is 7.09. The molecule has 1 N–H and O–H groups in total. The van der Waals surface area contributed by atoms with E-state index in [0.717, 1.165) is 78.2 Å². The molecule has 174 valence electrons. The van der Waals surface area contributed by atoms with Crippen LogP contribution in [0.2, 0.25) is 0 Å². The van der Waals surface area contributed by atoms with Gasteiger partial charge in [0.25, 0.3) is 0 Å². The first-order valence-electron chi connectivity index (χ1n) is 12.6. The summed E-state index contributed by atoms with van der Waals surface area (Å²) in [6.07, 6.45) is 8.89. The van der Waals surface area contributed by atoms with E-state index in [1.54, 1.807) is 11.3 Å². The molecule has 2 amide bonds. The lowest BCUT2D eigenvalue weighted by atomic mass is 9.49. The minimum absolute atomic E-state index is 0.00443. The number of benzene rings is 1. The minimum atomic E-state index is -0.303. The normalized spacial score (nSPS) is 32.3. The van der Waals surface area contributed by atoms with Gasteiger partial charge in [-0.25, -0.2) is 4.98 Å². The lowest BCUT2D eigenvalue weighted by Gasteiger charge is -2.56. The number of aryl methyl sites for hydroxylation is 1. The molecule has 2 aromatic rings. The molecule has 1 aromatic heterocycles. The third-order valence-corrected chi connectivity index (χ3v) is 9.42. The number of hydrogen-bond acceptors (Lipinski definition) is 4. The summed E-state index contributed by atoms with van der Waals surface area (Å²) < 4.78 is 0. The van der Waals surface area contributed by atoms with Gasteiger partial charge in [-0.05, 0) is 81.6 Å². The summed E-state index contributed by atoms with van der Waals surface area (Å²) in [4.78, 5) is 33.4. The van der Waals surface area contributed by atoms with Crippen molar-refractivity contribution in [3.05, 3.63) is 40.2 Å². The number of nitrogens with zero attached hydrogens (tertiary/aromatic N) is 2. The average molecular weight is 464 g/mol. The Balaban J connectivity index is 1.10. The highest BCUT2D eigenvalue weighted by Crippen LogP contribution is 2.60. The molecule has 5 nitrogen and oxygen atoms in total. The summed E-state index contributed by atoms with van der Waals surface area (Å²) in [6.45, 7) is 3.24. The van der Waals surface area contributed by atoms with Crippen LogP contribution in [-0.2, 0) is 16.1 Å². The molecule has 1 atom stereocenters. The number of rotatable bonds is 5. The van der Waals surface area contributed by atoms with Gasteiger partial charge in [-0.3, -0.25) is 9.59 Å². The molecule has 2 heterocycles. The maximum atomic E-state index is 13.8. The first-order valence-corrected chi connectivity index (χ1v) is 13.5. The van der Waals surface area contributed by atoms with Gasteiger partial charge >= 0.3 is 0 Å². The molecule has 0 spiro atoms. The van der Waals surface area contributed by atoms with E-state index in [1.165, 1.54) is 19.3 Å². The van der Waals surface area contributed by atoms with E-state index < -0.39 is 0 Å². The molecular formula is C27H33N3O2S. The van der Waals surface area contributed by atoms with Crippen molar-refractivity contribution in [3.8, 4) is 11.3 Å². The zero-order valence-electron chi connectivity index (χ0n) is 19.4. The van der Waals surface area contributed by atoms with Gasteiger partial charge in [-0.15, -0.1) is 11.3 Å². The molecular weight excluding hydrogens is 430 g/mol. The molecule has 33 heavy (non-hydrogen) atoms. The fourth-order valence-corrected chi connectivity index (χ4v) is 8.18. The molecule has 1 aliphatic heterocycles. The second-order valence-corrected chi connectivity index (χ2v) is 12.1. The van der Waals surface area contributed by atoms with Crippen LogP contribution >= 0.6 is 11.3 Å². The zero-order valence-corrected chi connectivity index (χ0v) is 20.2. The van der Waals surface area contributed by atoms with Gasteiger partial charge in [0.15, 0.2) is 0 Å². The predicted octanol–water partition coefficient (Wildman–Crippen LogP) is 4.94. The van der Waals surface area contributed by atoms with E-state index in [0.29, 0.717) is 12.5 Å². The summed E-state index contributed by atoms with van der Waals surface area (Å²) in [7, 11) is 0. The van der Waals surface area contributed by atoms with Crippen LogP contribution in [0.5, 0.6) is 0 Å². The molecule has 7 rings (SSSR count). The smallest absolute Gasteiger partial charge is 0.243 e. The Morgan fingerprint density at radius 3 is 2.36 bits per heavy atom.